The van der Waals surface area contributed by atoms with Crippen LogP contribution < -0.4 is 16.4 Å². The van der Waals surface area contributed by atoms with Gasteiger partial charge in [0.1, 0.15) is 17.8 Å². The largest absolute Gasteiger partial charge is 0.369 e. The summed E-state index contributed by atoms with van der Waals surface area (Å²) in [7, 11) is 0. The summed E-state index contributed by atoms with van der Waals surface area (Å²) in [5, 5.41) is 18.9. The van der Waals surface area contributed by atoms with Gasteiger partial charge >= 0.3 is 0 Å². The van der Waals surface area contributed by atoms with Gasteiger partial charge in [0, 0.05) is 41.0 Å². The zero-order valence-electron chi connectivity index (χ0n) is 17.7. The van der Waals surface area contributed by atoms with E-state index in [1.165, 1.54) is 6.33 Å². The molecule has 0 aliphatic heterocycles. The van der Waals surface area contributed by atoms with E-state index in [4.69, 9.17) is 5.73 Å². The lowest BCUT2D eigenvalue weighted by Gasteiger charge is -2.21. The molecule has 0 saturated carbocycles. The highest BCUT2D eigenvalue weighted by atomic mass is 16.3. The van der Waals surface area contributed by atoms with Crippen LogP contribution in [0.2, 0.25) is 0 Å². The average molecular weight is 441 g/mol. The van der Waals surface area contributed by atoms with E-state index in [-0.39, 0.29) is 5.92 Å². The number of hydrogen-bond acceptors (Lipinski definition) is 7. The first-order valence-corrected chi connectivity index (χ1v) is 10.6. The summed E-state index contributed by atoms with van der Waals surface area (Å²) in [5.74, 6) is 0.302. The van der Waals surface area contributed by atoms with Gasteiger partial charge in [-0.1, -0.05) is 18.2 Å². The number of amides is 1. The highest BCUT2D eigenvalue weighted by Crippen LogP contribution is 2.25. The summed E-state index contributed by atoms with van der Waals surface area (Å²) in [6.45, 7) is 0.621. The van der Waals surface area contributed by atoms with Crippen LogP contribution >= 0.6 is 0 Å². The number of primary amides is 1. The maximum Gasteiger partial charge on any atom is 0.250 e. The van der Waals surface area contributed by atoms with E-state index in [1.807, 2.05) is 24.3 Å². The smallest absolute Gasteiger partial charge is 0.250 e. The highest BCUT2D eigenvalue weighted by molar-refractivity contribution is 6.06. The van der Waals surface area contributed by atoms with Gasteiger partial charge in [-0.3, -0.25) is 4.79 Å². The van der Waals surface area contributed by atoms with Gasteiger partial charge in [0.2, 0.25) is 0 Å². The highest BCUT2D eigenvalue weighted by Gasteiger charge is 2.17. The van der Waals surface area contributed by atoms with Gasteiger partial charge in [-0.2, -0.15) is 0 Å². The number of nitrogens with zero attached hydrogens (tertiary/aromatic N) is 3. The molecule has 5 rings (SSSR count). The minimum Gasteiger partial charge on any atom is -0.369 e. The second-order valence-corrected chi connectivity index (χ2v) is 7.88. The molecule has 1 amide bonds. The van der Waals surface area contributed by atoms with Crippen molar-refractivity contribution in [3.8, 4) is 0 Å². The van der Waals surface area contributed by atoms with Crippen molar-refractivity contribution >= 4 is 33.7 Å². The molecule has 1 aliphatic carbocycles. The van der Waals surface area contributed by atoms with Crippen LogP contribution in [0.5, 0.6) is 0 Å². The van der Waals surface area contributed by atoms with Crippen LogP contribution in [0.4, 0.5) is 5.82 Å². The summed E-state index contributed by atoms with van der Waals surface area (Å²) < 4.78 is 0. The number of anilines is 1. The van der Waals surface area contributed by atoms with Gasteiger partial charge in [-0.15, -0.1) is 0 Å². The Hall–Kier alpha value is -4.24. The van der Waals surface area contributed by atoms with E-state index in [0.29, 0.717) is 23.4 Å². The van der Waals surface area contributed by atoms with Crippen LogP contribution in [0, 0.1) is 5.92 Å². The van der Waals surface area contributed by atoms with Crippen molar-refractivity contribution in [3.05, 3.63) is 84.1 Å². The first-order chi connectivity index (χ1) is 16.1. The van der Waals surface area contributed by atoms with Gasteiger partial charge in [0.25, 0.3) is 5.91 Å². The first kappa shape index (κ1) is 20.7. The lowest BCUT2D eigenvalue weighted by Crippen LogP contribution is -2.23. The monoisotopic (exact) mass is 441 g/mol. The molecule has 1 aromatic carbocycles. The number of nitrogens with one attached hydrogen (secondary N) is 3. The molecule has 9 nitrogen and oxygen atoms in total. The topological polar surface area (TPSA) is 142 Å². The average Bonchev–Trinajstić information content (AvgIpc) is 3.27. The number of fused-ring (bicyclic) bond motifs is 2. The second-order valence-electron chi connectivity index (χ2n) is 7.88. The minimum absolute atomic E-state index is 0.179. The number of hydrogen-bond donors (Lipinski definition) is 5. The number of H-pyrrole nitrogens is 1. The standard InChI is InChI=1S/C24H23N7O2/c25-21(32)17-6-2-7-18-20(17)29-13-30-23(18)27-11-14-4-1-5-15(10-14)31-24(33)19-12-28-22-16(19)8-3-9-26-22/h1-3,5-10,12-14,24,31,33H,4,11H2,(H2,25,32)(H,26,28)(H,27,29,30). The quantitative estimate of drug-likeness (QED) is 0.278. The number of carbonyl (C=O) groups is 1. The lowest BCUT2D eigenvalue weighted by molar-refractivity contribution is 0.100. The van der Waals surface area contributed by atoms with E-state index in [2.05, 4.69) is 42.7 Å². The summed E-state index contributed by atoms with van der Waals surface area (Å²) >= 11 is 0. The van der Waals surface area contributed by atoms with Crippen LogP contribution in [-0.4, -0.2) is 37.5 Å². The molecule has 2 atom stereocenters. The molecule has 0 spiro atoms. The Morgan fingerprint density at radius 3 is 2.97 bits per heavy atom. The number of carbonyl (C=O) groups excluding carboxylic acids is 1. The summed E-state index contributed by atoms with van der Waals surface area (Å²) in [4.78, 5) is 27.6. The molecule has 0 saturated heterocycles. The van der Waals surface area contributed by atoms with Crippen molar-refractivity contribution in [2.45, 2.75) is 12.6 Å². The zero-order valence-corrected chi connectivity index (χ0v) is 17.7. The van der Waals surface area contributed by atoms with Gasteiger partial charge in [-0.25, -0.2) is 15.0 Å². The molecule has 33 heavy (non-hydrogen) atoms. The van der Waals surface area contributed by atoms with Crippen LogP contribution in [0.3, 0.4) is 0 Å². The SMILES string of the molecule is NC(=O)c1cccc2c(NCC3C=C(NC(O)c4c[nH]c5ncccc45)C=CC3)ncnc12. The van der Waals surface area contributed by atoms with Gasteiger partial charge in [0.15, 0.2) is 6.23 Å². The van der Waals surface area contributed by atoms with Gasteiger partial charge in [-0.05, 0) is 42.7 Å². The molecule has 1 aliphatic rings. The van der Waals surface area contributed by atoms with Crippen LogP contribution in [0.1, 0.15) is 28.6 Å². The fourth-order valence-electron chi connectivity index (χ4n) is 4.08. The number of para-hydroxylation sites is 1. The summed E-state index contributed by atoms with van der Waals surface area (Å²) in [6, 6.07) is 9.05. The van der Waals surface area contributed by atoms with Crippen LogP contribution in [0.25, 0.3) is 21.9 Å². The molecule has 6 N–H and O–H groups in total. The van der Waals surface area contributed by atoms with E-state index in [0.717, 1.165) is 34.1 Å². The van der Waals surface area contributed by atoms with Crippen molar-refractivity contribution in [1.82, 2.24) is 25.3 Å². The third-order valence-corrected chi connectivity index (χ3v) is 5.69. The Morgan fingerprint density at radius 1 is 1.21 bits per heavy atom. The fourth-order valence-corrected chi connectivity index (χ4v) is 4.08. The third kappa shape index (κ3) is 4.13. The molecule has 0 fully saturated rings. The maximum absolute atomic E-state index is 11.7. The molecule has 0 bridgehead atoms. The summed E-state index contributed by atoms with van der Waals surface area (Å²) in [6.07, 6.45) is 11.0. The van der Waals surface area contributed by atoms with Crippen molar-refractivity contribution in [2.24, 2.45) is 11.7 Å². The molecule has 9 heteroatoms. The van der Waals surface area contributed by atoms with Crippen LogP contribution in [0.15, 0.2) is 73.0 Å². The van der Waals surface area contributed by atoms with E-state index in [1.54, 1.807) is 24.5 Å². The zero-order chi connectivity index (χ0) is 22.8. The van der Waals surface area contributed by atoms with Gasteiger partial charge in [0.05, 0.1) is 11.1 Å². The Labute approximate surface area is 189 Å². The number of pyridine rings is 1. The van der Waals surface area contributed by atoms with Crippen LogP contribution in [-0.2, 0) is 0 Å². The molecule has 0 radical (unpaired) electrons. The Kier molecular flexibility index (Phi) is 5.45. The molecule has 3 heterocycles. The first-order valence-electron chi connectivity index (χ1n) is 10.6. The Balaban J connectivity index is 1.30. The number of benzene rings is 1. The predicted octanol–water partition coefficient (Wildman–Crippen LogP) is 2.76. The normalized spacial score (nSPS) is 16.5. The minimum atomic E-state index is -0.872. The number of allylic oxidation sites excluding steroid dienone is 2. The van der Waals surface area contributed by atoms with E-state index < -0.39 is 12.1 Å². The van der Waals surface area contributed by atoms with Crippen molar-refractivity contribution < 1.29 is 9.90 Å². The molecular weight excluding hydrogens is 418 g/mol. The summed E-state index contributed by atoms with van der Waals surface area (Å²) in [5.41, 5.74) is 8.68. The molecule has 166 valence electrons. The van der Waals surface area contributed by atoms with E-state index in [9.17, 15) is 9.90 Å². The Morgan fingerprint density at radius 2 is 2.09 bits per heavy atom. The number of aliphatic hydroxyl groups excluding tert-OH is 1. The number of aromatic nitrogens is 4. The maximum atomic E-state index is 11.7. The van der Waals surface area contributed by atoms with Gasteiger partial charge < -0.3 is 26.5 Å². The van der Waals surface area contributed by atoms with Crippen molar-refractivity contribution in [1.29, 1.82) is 0 Å². The third-order valence-electron chi connectivity index (χ3n) is 5.69. The van der Waals surface area contributed by atoms with Crippen molar-refractivity contribution in [2.75, 3.05) is 11.9 Å². The fraction of sp³-hybridized carbons (Fsp3) is 0.167. The number of aromatic amines is 1. The number of nitrogens with two attached hydrogens (primary N) is 1. The molecule has 4 aromatic rings. The molecular formula is C24H23N7O2. The van der Waals surface area contributed by atoms with E-state index >= 15 is 0 Å². The number of aliphatic hydroxyl groups is 1. The predicted molar refractivity (Wildman–Crippen MR) is 126 cm³/mol. The Bertz CT molecular complexity index is 1390. The second kappa shape index (κ2) is 8.71. The molecule has 3 aromatic heterocycles. The molecule has 2 unspecified atom stereocenters. The number of rotatable bonds is 7. The van der Waals surface area contributed by atoms with Crippen molar-refractivity contribution in [3.63, 3.8) is 0 Å². The lowest BCUT2D eigenvalue weighted by atomic mass is 9.98.